The van der Waals surface area contributed by atoms with Crippen molar-refractivity contribution in [3.05, 3.63) is 35.9 Å². The van der Waals surface area contributed by atoms with Crippen LogP contribution in [0.3, 0.4) is 0 Å². The molecule has 1 heterocycles. The van der Waals surface area contributed by atoms with Crippen LogP contribution in [0.4, 0.5) is 5.69 Å². The molecule has 20 heavy (non-hydrogen) atoms. The van der Waals surface area contributed by atoms with Gasteiger partial charge in [-0.1, -0.05) is 18.2 Å². The van der Waals surface area contributed by atoms with Crippen molar-refractivity contribution in [2.75, 3.05) is 18.0 Å². The van der Waals surface area contributed by atoms with E-state index in [0.717, 1.165) is 35.5 Å². The van der Waals surface area contributed by atoms with Gasteiger partial charge >= 0.3 is 0 Å². The number of hydrogen-bond acceptors (Lipinski definition) is 2. The minimum Gasteiger partial charge on any atom is -0.371 e. The topological polar surface area (TPSA) is 20.3 Å². The zero-order valence-electron chi connectivity index (χ0n) is 12.5. The van der Waals surface area contributed by atoms with Crippen LogP contribution in [-0.2, 0) is 0 Å². The van der Waals surface area contributed by atoms with Crippen LogP contribution in [0.1, 0.15) is 55.5 Å². The van der Waals surface area contributed by atoms with E-state index in [4.69, 9.17) is 0 Å². The molecular weight excluding hydrogens is 246 g/mol. The Morgan fingerprint density at radius 1 is 1.15 bits per heavy atom. The molecule has 2 heteroatoms. The number of carbonyl (C=O) groups excluding carboxylic acids is 1. The van der Waals surface area contributed by atoms with Crippen LogP contribution in [0.25, 0.3) is 5.57 Å². The summed E-state index contributed by atoms with van der Waals surface area (Å²) in [6.45, 7) is 9.86. The second-order valence-electron chi connectivity index (χ2n) is 6.56. The summed E-state index contributed by atoms with van der Waals surface area (Å²) in [6, 6.07) is 6.11. The number of benzene rings is 1. The Balaban J connectivity index is 1.91. The highest BCUT2D eigenvalue weighted by molar-refractivity contribution is 6.00. The van der Waals surface area contributed by atoms with Crippen LogP contribution in [0.5, 0.6) is 0 Å². The van der Waals surface area contributed by atoms with E-state index in [1.165, 1.54) is 25.7 Å². The van der Waals surface area contributed by atoms with Crippen LogP contribution in [0.15, 0.2) is 24.8 Å². The first-order valence-corrected chi connectivity index (χ1v) is 7.57. The smallest absolute Gasteiger partial charge is 0.161 e. The van der Waals surface area contributed by atoms with Crippen LogP contribution >= 0.6 is 0 Å². The molecule has 0 atom stereocenters. The van der Waals surface area contributed by atoms with Crippen molar-refractivity contribution in [3.8, 4) is 0 Å². The molecule has 2 aliphatic rings. The van der Waals surface area contributed by atoms with Crippen molar-refractivity contribution < 1.29 is 4.79 Å². The first-order chi connectivity index (χ1) is 9.51. The molecule has 0 aromatic heterocycles. The van der Waals surface area contributed by atoms with Crippen molar-refractivity contribution in [2.45, 2.75) is 39.5 Å². The monoisotopic (exact) mass is 269 g/mol. The maximum atomic E-state index is 11.9. The molecule has 1 saturated carbocycles. The predicted octanol–water partition coefficient (Wildman–Crippen LogP) is 4.30. The number of hydrogen-bond donors (Lipinski definition) is 0. The highest BCUT2D eigenvalue weighted by atomic mass is 16.1. The second-order valence-corrected chi connectivity index (χ2v) is 6.56. The highest BCUT2D eigenvalue weighted by Gasteiger charge is 2.44. The van der Waals surface area contributed by atoms with E-state index in [9.17, 15) is 4.79 Å². The normalized spacial score (nSPS) is 20.0. The van der Waals surface area contributed by atoms with Crippen molar-refractivity contribution in [2.24, 2.45) is 5.41 Å². The summed E-state index contributed by atoms with van der Waals surface area (Å²) in [6.07, 6.45) is 5.38. The van der Waals surface area contributed by atoms with E-state index in [1.807, 2.05) is 19.1 Å². The molecule has 106 valence electrons. The lowest BCUT2D eigenvalue weighted by atomic mass is 9.92. The Labute approximate surface area is 121 Å². The maximum Gasteiger partial charge on any atom is 0.161 e. The first-order valence-electron chi connectivity index (χ1n) is 7.57. The van der Waals surface area contributed by atoms with Crippen LogP contribution in [0, 0.1) is 5.41 Å². The molecule has 1 aromatic rings. The molecule has 1 aromatic carbocycles. The van der Waals surface area contributed by atoms with Gasteiger partial charge in [0.15, 0.2) is 5.78 Å². The molecule has 0 unspecified atom stereocenters. The zero-order valence-corrected chi connectivity index (χ0v) is 12.5. The van der Waals surface area contributed by atoms with Gasteiger partial charge in [-0.15, -0.1) is 0 Å². The summed E-state index contributed by atoms with van der Waals surface area (Å²) >= 11 is 0. The Morgan fingerprint density at radius 3 is 2.30 bits per heavy atom. The van der Waals surface area contributed by atoms with Crippen molar-refractivity contribution in [1.82, 2.24) is 0 Å². The molecule has 0 amide bonds. The van der Waals surface area contributed by atoms with E-state index < -0.39 is 0 Å². The van der Waals surface area contributed by atoms with E-state index in [2.05, 4.69) is 17.5 Å². The van der Waals surface area contributed by atoms with Gasteiger partial charge < -0.3 is 4.90 Å². The molecule has 1 saturated heterocycles. The molecule has 0 N–H and O–H groups in total. The fourth-order valence-corrected chi connectivity index (χ4v) is 3.26. The Bertz CT molecular complexity index is 559. The fraction of sp³-hybridized carbons (Fsp3) is 0.500. The highest BCUT2D eigenvalue weighted by Crippen LogP contribution is 2.54. The molecule has 3 rings (SSSR count). The SMILES string of the molecule is C=C(C)c1ccc(C(C)=O)c(N2CCC3(CC2)CC3)c1. The number of anilines is 1. The average molecular weight is 269 g/mol. The molecule has 0 radical (unpaired) electrons. The van der Waals surface area contributed by atoms with Crippen molar-refractivity contribution >= 4 is 17.0 Å². The van der Waals surface area contributed by atoms with Gasteiger partial charge in [0.2, 0.25) is 0 Å². The summed E-state index contributed by atoms with van der Waals surface area (Å²) in [5, 5.41) is 0. The van der Waals surface area contributed by atoms with Gasteiger partial charge in [-0.25, -0.2) is 0 Å². The molecule has 1 aliphatic carbocycles. The van der Waals surface area contributed by atoms with Crippen LogP contribution in [-0.4, -0.2) is 18.9 Å². The minimum absolute atomic E-state index is 0.153. The third-order valence-corrected chi connectivity index (χ3v) is 4.99. The number of carbonyl (C=O) groups is 1. The lowest BCUT2D eigenvalue weighted by Crippen LogP contribution is -2.35. The number of piperidine rings is 1. The zero-order chi connectivity index (χ0) is 14.3. The molecule has 2 fully saturated rings. The van der Waals surface area contributed by atoms with Crippen molar-refractivity contribution in [1.29, 1.82) is 0 Å². The second kappa shape index (κ2) is 4.76. The van der Waals surface area contributed by atoms with Gasteiger partial charge in [-0.3, -0.25) is 4.79 Å². The predicted molar refractivity (Wildman–Crippen MR) is 84.3 cm³/mol. The van der Waals surface area contributed by atoms with Gasteiger partial charge in [0.25, 0.3) is 0 Å². The van der Waals surface area contributed by atoms with Gasteiger partial charge in [0.1, 0.15) is 0 Å². The summed E-state index contributed by atoms with van der Waals surface area (Å²) < 4.78 is 0. The fourth-order valence-electron chi connectivity index (χ4n) is 3.26. The van der Waals surface area contributed by atoms with Crippen molar-refractivity contribution in [3.63, 3.8) is 0 Å². The average Bonchev–Trinajstić information content (AvgIpc) is 3.18. The Hall–Kier alpha value is -1.57. The summed E-state index contributed by atoms with van der Waals surface area (Å²) in [5.41, 5.74) is 4.81. The van der Waals surface area contributed by atoms with Crippen LogP contribution < -0.4 is 4.90 Å². The van der Waals surface area contributed by atoms with Gasteiger partial charge in [0, 0.05) is 24.3 Å². The third kappa shape index (κ3) is 2.39. The molecular formula is C18H23NO. The number of nitrogens with zero attached hydrogens (tertiary/aromatic N) is 1. The minimum atomic E-state index is 0.153. The summed E-state index contributed by atoms with van der Waals surface area (Å²) in [4.78, 5) is 14.3. The third-order valence-electron chi connectivity index (χ3n) is 4.99. The number of Topliss-reactive ketones (excluding diaryl/α,β-unsaturated/α-hetero) is 1. The quantitative estimate of drug-likeness (QED) is 0.762. The lowest BCUT2D eigenvalue weighted by Gasteiger charge is -2.35. The van der Waals surface area contributed by atoms with Gasteiger partial charge in [-0.05, 0) is 62.6 Å². The Kier molecular flexibility index (Phi) is 3.19. The molecule has 0 bridgehead atoms. The maximum absolute atomic E-state index is 11.9. The summed E-state index contributed by atoms with van der Waals surface area (Å²) in [7, 11) is 0. The number of allylic oxidation sites excluding steroid dienone is 1. The molecule has 1 spiro atoms. The standard InChI is InChI=1S/C18H23NO/c1-13(2)15-4-5-16(14(3)20)17(12-15)19-10-8-18(6-7-18)9-11-19/h4-5,12H,1,6-11H2,2-3H3. The largest absolute Gasteiger partial charge is 0.371 e. The number of ketones is 1. The van der Waals surface area contributed by atoms with E-state index in [1.54, 1.807) is 6.92 Å². The van der Waals surface area contributed by atoms with E-state index in [-0.39, 0.29) is 5.78 Å². The summed E-state index contributed by atoms with van der Waals surface area (Å²) in [5.74, 6) is 0.153. The van der Waals surface area contributed by atoms with Gasteiger partial charge in [-0.2, -0.15) is 0 Å². The van der Waals surface area contributed by atoms with Gasteiger partial charge in [0.05, 0.1) is 0 Å². The van der Waals surface area contributed by atoms with E-state index >= 15 is 0 Å². The first kappa shape index (κ1) is 13.4. The molecule has 1 aliphatic heterocycles. The van der Waals surface area contributed by atoms with E-state index in [0.29, 0.717) is 5.41 Å². The molecule has 2 nitrogen and oxygen atoms in total. The lowest BCUT2D eigenvalue weighted by molar-refractivity contribution is 0.101. The Morgan fingerprint density at radius 2 is 1.80 bits per heavy atom. The number of rotatable bonds is 3. The van der Waals surface area contributed by atoms with Crippen LogP contribution in [0.2, 0.25) is 0 Å².